The SMILES string of the molecule is COc1cc(N)c(Cl)cc1C(=O)N1CCC(NS(C)(=O)=O)C1.Cl. The number of hydrogen-bond acceptors (Lipinski definition) is 5. The predicted molar refractivity (Wildman–Crippen MR) is 92.0 cm³/mol. The summed E-state index contributed by atoms with van der Waals surface area (Å²) in [7, 11) is -1.85. The summed E-state index contributed by atoms with van der Waals surface area (Å²) in [5, 5.41) is 0.272. The van der Waals surface area contributed by atoms with Crippen molar-refractivity contribution in [3.8, 4) is 5.75 Å². The van der Waals surface area contributed by atoms with Gasteiger partial charge in [-0.25, -0.2) is 13.1 Å². The van der Waals surface area contributed by atoms with Gasteiger partial charge in [0.05, 0.1) is 29.6 Å². The lowest BCUT2D eigenvalue weighted by molar-refractivity contribution is 0.0787. The maximum Gasteiger partial charge on any atom is 0.257 e. The van der Waals surface area contributed by atoms with Crippen LogP contribution < -0.4 is 15.2 Å². The Morgan fingerprint density at radius 1 is 1.48 bits per heavy atom. The highest BCUT2D eigenvalue weighted by Crippen LogP contribution is 2.30. The minimum Gasteiger partial charge on any atom is -0.496 e. The van der Waals surface area contributed by atoms with Crippen LogP contribution >= 0.6 is 24.0 Å². The number of amides is 1. The highest BCUT2D eigenvalue weighted by molar-refractivity contribution is 7.88. The fourth-order valence-corrected chi connectivity index (χ4v) is 3.38. The number of halogens is 2. The average molecular weight is 384 g/mol. The van der Waals surface area contributed by atoms with Crippen molar-refractivity contribution in [3.05, 3.63) is 22.7 Å². The number of nitrogens with one attached hydrogen (secondary N) is 1. The molecule has 0 radical (unpaired) electrons. The van der Waals surface area contributed by atoms with E-state index in [1.807, 2.05) is 0 Å². The molecule has 1 fully saturated rings. The highest BCUT2D eigenvalue weighted by atomic mass is 35.5. The van der Waals surface area contributed by atoms with Crippen LogP contribution in [0.15, 0.2) is 12.1 Å². The molecule has 1 aromatic carbocycles. The zero-order valence-electron chi connectivity index (χ0n) is 12.7. The molecule has 1 aliphatic heterocycles. The monoisotopic (exact) mass is 383 g/mol. The van der Waals surface area contributed by atoms with Gasteiger partial charge in [0.15, 0.2) is 0 Å². The van der Waals surface area contributed by atoms with E-state index < -0.39 is 10.0 Å². The van der Waals surface area contributed by atoms with Crippen LogP contribution in [0.5, 0.6) is 5.75 Å². The van der Waals surface area contributed by atoms with E-state index in [4.69, 9.17) is 22.1 Å². The standard InChI is InChI=1S/C13H18ClN3O4S.ClH/c1-21-12-6-11(15)10(14)5-9(12)13(18)17-4-3-8(7-17)16-22(2,19)20;/h5-6,8,16H,3-4,7,15H2,1-2H3;1H. The van der Waals surface area contributed by atoms with Crippen molar-refractivity contribution >= 4 is 45.6 Å². The van der Waals surface area contributed by atoms with Gasteiger partial charge >= 0.3 is 0 Å². The van der Waals surface area contributed by atoms with Gasteiger partial charge in [-0.15, -0.1) is 12.4 Å². The first-order chi connectivity index (χ1) is 10.2. The van der Waals surface area contributed by atoms with Crippen molar-refractivity contribution in [2.45, 2.75) is 12.5 Å². The molecule has 7 nitrogen and oxygen atoms in total. The van der Waals surface area contributed by atoms with Crippen molar-refractivity contribution in [1.29, 1.82) is 0 Å². The Morgan fingerprint density at radius 2 is 2.13 bits per heavy atom. The van der Waals surface area contributed by atoms with Crippen LogP contribution in [0.25, 0.3) is 0 Å². The lowest BCUT2D eigenvalue weighted by Crippen LogP contribution is -2.38. The van der Waals surface area contributed by atoms with Gasteiger partial charge in [0, 0.05) is 25.2 Å². The number of likely N-dealkylation sites (tertiary alicyclic amines) is 1. The molecule has 1 saturated heterocycles. The summed E-state index contributed by atoms with van der Waals surface area (Å²) in [6.45, 7) is 0.758. The zero-order chi connectivity index (χ0) is 16.5. The molecule has 0 saturated carbocycles. The highest BCUT2D eigenvalue weighted by Gasteiger charge is 2.30. The molecule has 23 heavy (non-hydrogen) atoms. The molecule has 3 N–H and O–H groups in total. The second kappa shape index (κ2) is 7.57. The van der Waals surface area contributed by atoms with Crippen LogP contribution in [0.1, 0.15) is 16.8 Å². The molecule has 1 heterocycles. The van der Waals surface area contributed by atoms with Crippen LogP contribution in [0.2, 0.25) is 5.02 Å². The first-order valence-electron chi connectivity index (χ1n) is 6.61. The first kappa shape index (κ1) is 19.8. The molecule has 1 atom stereocenters. The third-order valence-corrected chi connectivity index (χ3v) is 4.49. The quantitative estimate of drug-likeness (QED) is 0.758. The summed E-state index contributed by atoms with van der Waals surface area (Å²) in [6, 6.07) is 2.68. The number of benzene rings is 1. The fraction of sp³-hybridized carbons (Fsp3) is 0.462. The van der Waals surface area contributed by atoms with E-state index in [9.17, 15) is 13.2 Å². The molecular weight excluding hydrogens is 365 g/mol. The number of rotatable bonds is 4. The molecule has 1 unspecified atom stereocenters. The average Bonchev–Trinajstić information content (AvgIpc) is 2.86. The van der Waals surface area contributed by atoms with Gasteiger partial charge in [-0.3, -0.25) is 4.79 Å². The molecule has 1 aliphatic rings. The number of sulfonamides is 1. The molecule has 10 heteroatoms. The molecule has 1 aromatic rings. The Kier molecular flexibility index (Phi) is 6.52. The smallest absolute Gasteiger partial charge is 0.257 e. The number of nitrogens with zero attached hydrogens (tertiary/aromatic N) is 1. The predicted octanol–water partition coefficient (Wildman–Crippen LogP) is 1.12. The maximum absolute atomic E-state index is 12.6. The van der Waals surface area contributed by atoms with E-state index in [-0.39, 0.29) is 29.4 Å². The van der Waals surface area contributed by atoms with Crippen LogP contribution in [-0.4, -0.2) is 51.7 Å². The van der Waals surface area contributed by atoms with Crippen molar-refractivity contribution < 1.29 is 17.9 Å². The summed E-state index contributed by atoms with van der Waals surface area (Å²) in [5.74, 6) is 0.0722. The molecule has 0 spiro atoms. The summed E-state index contributed by atoms with van der Waals surface area (Å²) in [5.41, 5.74) is 6.33. The number of hydrogen-bond donors (Lipinski definition) is 2. The molecule has 0 aliphatic carbocycles. The van der Waals surface area contributed by atoms with Crippen LogP contribution in [0.3, 0.4) is 0 Å². The molecule has 0 bridgehead atoms. The van der Waals surface area contributed by atoms with Gasteiger partial charge in [0.2, 0.25) is 10.0 Å². The van der Waals surface area contributed by atoms with Crippen molar-refractivity contribution in [1.82, 2.24) is 9.62 Å². The molecule has 2 rings (SSSR count). The van der Waals surface area contributed by atoms with Crippen molar-refractivity contribution in [2.24, 2.45) is 0 Å². The largest absolute Gasteiger partial charge is 0.496 e. The van der Waals surface area contributed by atoms with Gasteiger partial charge < -0.3 is 15.4 Å². The summed E-state index contributed by atoms with van der Waals surface area (Å²) < 4.78 is 30.2. The molecule has 0 aromatic heterocycles. The third-order valence-electron chi connectivity index (χ3n) is 3.41. The van der Waals surface area contributed by atoms with E-state index in [0.717, 1.165) is 6.26 Å². The number of methoxy groups -OCH3 is 1. The Labute approximate surface area is 146 Å². The zero-order valence-corrected chi connectivity index (χ0v) is 15.1. The third kappa shape index (κ3) is 4.87. The Bertz CT molecular complexity index is 697. The van der Waals surface area contributed by atoms with E-state index in [1.165, 1.54) is 19.2 Å². The lowest BCUT2D eigenvalue weighted by atomic mass is 10.1. The van der Waals surface area contributed by atoms with Gasteiger partial charge in [-0.1, -0.05) is 11.6 Å². The second-order valence-electron chi connectivity index (χ2n) is 5.20. The number of anilines is 1. The number of carbonyl (C=O) groups is 1. The van der Waals surface area contributed by atoms with Gasteiger partial charge in [0.1, 0.15) is 5.75 Å². The molecule has 1 amide bonds. The molecule has 130 valence electrons. The van der Waals surface area contributed by atoms with Crippen LogP contribution in [0, 0.1) is 0 Å². The van der Waals surface area contributed by atoms with E-state index in [2.05, 4.69) is 4.72 Å². The van der Waals surface area contributed by atoms with Gasteiger partial charge in [-0.05, 0) is 12.5 Å². The summed E-state index contributed by atoms with van der Waals surface area (Å²) >= 11 is 5.97. The van der Waals surface area contributed by atoms with Crippen LogP contribution in [-0.2, 0) is 10.0 Å². The number of ether oxygens (including phenoxy) is 1. The van der Waals surface area contributed by atoms with Gasteiger partial charge in [0.25, 0.3) is 5.91 Å². The summed E-state index contributed by atoms with van der Waals surface area (Å²) in [6.07, 6.45) is 1.66. The normalized spacial score (nSPS) is 17.7. The summed E-state index contributed by atoms with van der Waals surface area (Å²) in [4.78, 5) is 14.1. The van der Waals surface area contributed by atoms with E-state index in [1.54, 1.807) is 4.90 Å². The molecular formula is C13H19Cl2N3O4S. The number of carbonyl (C=O) groups excluding carboxylic acids is 1. The van der Waals surface area contributed by atoms with Crippen LogP contribution in [0.4, 0.5) is 5.69 Å². The Hall–Kier alpha value is -1.22. The minimum atomic E-state index is -3.30. The van der Waals surface area contributed by atoms with Gasteiger partial charge in [-0.2, -0.15) is 0 Å². The first-order valence-corrected chi connectivity index (χ1v) is 8.88. The topological polar surface area (TPSA) is 102 Å². The second-order valence-corrected chi connectivity index (χ2v) is 7.39. The van der Waals surface area contributed by atoms with E-state index in [0.29, 0.717) is 36.5 Å². The lowest BCUT2D eigenvalue weighted by Gasteiger charge is -2.19. The maximum atomic E-state index is 12.6. The number of nitrogens with two attached hydrogens (primary N) is 1. The fourth-order valence-electron chi connectivity index (χ4n) is 2.42. The number of nitrogen functional groups attached to an aromatic ring is 1. The minimum absolute atomic E-state index is 0. The Morgan fingerprint density at radius 3 is 2.70 bits per heavy atom. The van der Waals surface area contributed by atoms with Crippen molar-refractivity contribution in [2.75, 3.05) is 32.2 Å². The van der Waals surface area contributed by atoms with Crippen molar-refractivity contribution in [3.63, 3.8) is 0 Å². The van der Waals surface area contributed by atoms with E-state index >= 15 is 0 Å². The Balaban J connectivity index is 0.00000264.